The molecule has 1 rings (SSSR count). The summed E-state index contributed by atoms with van der Waals surface area (Å²) in [6, 6.07) is 0. The fourth-order valence-corrected chi connectivity index (χ4v) is 1.62. The minimum atomic E-state index is -0.589. The molecular formula is C9H18N2O3. The van der Waals surface area contributed by atoms with E-state index in [0.717, 1.165) is 0 Å². The molecule has 1 amide bonds. The number of nitrogens with zero attached hydrogens (tertiary/aromatic N) is 1. The summed E-state index contributed by atoms with van der Waals surface area (Å²) in [4.78, 5) is 13.4. The van der Waals surface area contributed by atoms with Crippen molar-refractivity contribution < 1.29 is 15.0 Å². The van der Waals surface area contributed by atoms with E-state index in [1.54, 1.807) is 6.92 Å². The Balaban J connectivity index is 2.37. The quantitative estimate of drug-likeness (QED) is 0.516. The van der Waals surface area contributed by atoms with Crippen molar-refractivity contribution in [3.05, 3.63) is 0 Å². The third kappa shape index (κ3) is 2.94. The molecule has 3 atom stereocenters. The highest BCUT2D eigenvalue weighted by Crippen LogP contribution is 2.15. The van der Waals surface area contributed by atoms with Gasteiger partial charge in [0.25, 0.3) is 0 Å². The van der Waals surface area contributed by atoms with Gasteiger partial charge in [0.1, 0.15) is 0 Å². The molecule has 0 aromatic rings. The van der Waals surface area contributed by atoms with Crippen LogP contribution in [0.4, 0.5) is 0 Å². The van der Waals surface area contributed by atoms with Crippen LogP contribution >= 0.6 is 0 Å². The number of aliphatic hydroxyl groups excluding tert-OH is 2. The van der Waals surface area contributed by atoms with E-state index in [-0.39, 0.29) is 18.4 Å². The van der Waals surface area contributed by atoms with Crippen molar-refractivity contribution in [2.75, 3.05) is 26.7 Å². The normalized spacial score (nSPS) is 30.3. The van der Waals surface area contributed by atoms with Crippen LogP contribution in [0.1, 0.15) is 6.92 Å². The Hall–Kier alpha value is -0.650. The van der Waals surface area contributed by atoms with Crippen LogP contribution in [-0.4, -0.2) is 59.9 Å². The second-order valence-electron chi connectivity index (χ2n) is 3.99. The van der Waals surface area contributed by atoms with E-state index >= 15 is 0 Å². The van der Waals surface area contributed by atoms with Gasteiger partial charge in [-0.1, -0.05) is 0 Å². The highest BCUT2D eigenvalue weighted by Gasteiger charge is 2.34. The maximum atomic E-state index is 11.5. The van der Waals surface area contributed by atoms with Crippen LogP contribution < -0.4 is 5.32 Å². The SMILES string of the molecule is CC(O)CNC(=O)C1CN(C)CC1O. The van der Waals surface area contributed by atoms with Gasteiger partial charge in [-0.05, 0) is 14.0 Å². The zero-order valence-corrected chi connectivity index (χ0v) is 8.60. The number of rotatable bonds is 3. The summed E-state index contributed by atoms with van der Waals surface area (Å²) in [5, 5.41) is 21.1. The number of carbonyl (C=O) groups is 1. The van der Waals surface area contributed by atoms with Crippen molar-refractivity contribution in [2.24, 2.45) is 5.92 Å². The minimum absolute atomic E-state index is 0.178. The van der Waals surface area contributed by atoms with Gasteiger partial charge in [-0.3, -0.25) is 4.79 Å². The number of likely N-dealkylation sites (N-methyl/N-ethyl adjacent to an activating group) is 1. The molecule has 0 saturated carbocycles. The highest BCUT2D eigenvalue weighted by molar-refractivity contribution is 5.79. The van der Waals surface area contributed by atoms with Gasteiger partial charge in [-0.15, -0.1) is 0 Å². The lowest BCUT2D eigenvalue weighted by atomic mass is 10.1. The van der Waals surface area contributed by atoms with Crippen molar-refractivity contribution in [1.29, 1.82) is 0 Å². The van der Waals surface area contributed by atoms with Gasteiger partial charge in [-0.25, -0.2) is 0 Å². The maximum Gasteiger partial charge on any atom is 0.227 e. The molecule has 5 heteroatoms. The van der Waals surface area contributed by atoms with Gasteiger partial charge in [-0.2, -0.15) is 0 Å². The minimum Gasteiger partial charge on any atom is -0.392 e. The Morgan fingerprint density at radius 2 is 2.29 bits per heavy atom. The predicted molar refractivity (Wildman–Crippen MR) is 51.7 cm³/mol. The molecule has 82 valence electrons. The van der Waals surface area contributed by atoms with Crippen molar-refractivity contribution in [3.63, 3.8) is 0 Å². The summed E-state index contributed by atoms with van der Waals surface area (Å²) >= 11 is 0. The Kier molecular flexibility index (Phi) is 3.86. The van der Waals surface area contributed by atoms with E-state index < -0.39 is 12.2 Å². The Bertz CT molecular complexity index is 208. The highest BCUT2D eigenvalue weighted by atomic mass is 16.3. The van der Waals surface area contributed by atoms with Crippen molar-refractivity contribution in [3.8, 4) is 0 Å². The van der Waals surface area contributed by atoms with Gasteiger partial charge in [0, 0.05) is 19.6 Å². The monoisotopic (exact) mass is 202 g/mol. The van der Waals surface area contributed by atoms with Crippen LogP contribution in [-0.2, 0) is 4.79 Å². The van der Waals surface area contributed by atoms with Crippen LogP contribution in [0, 0.1) is 5.92 Å². The van der Waals surface area contributed by atoms with Crippen LogP contribution in [0.25, 0.3) is 0 Å². The van der Waals surface area contributed by atoms with Gasteiger partial charge in [0.05, 0.1) is 18.1 Å². The number of likely N-dealkylation sites (tertiary alicyclic amines) is 1. The number of carbonyl (C=O) groups excluding carboxylic acids is 1. The number of aliphatic hydroxyl groups is 2. The number of hydrogen-bond donors (Lipinski definition) is 3. The molecule has 1 aliphatic rings. The first-order chi connectivity index (χ1) is 6.50. The zero-order valence-electron chi connectivity index (χ0n) is 8.60. The molecule has 3 unspecified atom stereocenters. The van der Waals surface area contributed by atoms with Crippen molar-refractivity contribution in [2.45, 2.75) is 19.1 Å². The molecule has 14 heavy (non-hydrogen) atoms. The van der Waals surface area contributed by atoms with Gasteiger partial charge in [0.15, 0.2) is 0 Å². The largest absolute Gasteiger partial charge is 0.392 e. The molecule has 5 nitrogen and oxygen atoms in total. The molecule has 0 spiro atoms. The number of nitrogens with one attached hydrogen (secondary N) is 1. The van der Waals surface area contributed by atoms with E-state index in [4.69, 9.17) is 5.11 Å². The Morgan fingerprint density at radius 3 is 2.71 bits per heavy atom. The van der Waals surface area contributed by atoms with Crippen LogP contribution in [0.2, 0.25) is 0 Å². The van der Waals surface area contributed by atoms with Gasteiger partial charge >= 0.3 is 0 Å². The lowest BCUT2D eigenvalue weighted by Crippen LogP contribution is -2.39. The predicted octanol–water partition coefficient (Wildman–Crippen LogP) is -1.59. The second kappa shape index (κ2) is 4.72. The van der Waals surface area contributed by atoms with Crippen molar-refractivity contribution >= 4 is 5.91 Å². The number of hydrogen-bond acceptors (Lipinski definition) is 4. The lowest BCUT2D eigenvalue weighted by molar-refractivity contribution is -0.127. The summed E-state index contributed by atoms with van der Waals surface area (Å²) in [5.74, 6) is -0.540. The summed E-state index contributed by atoms with van der Waals surface area (Å²) in [6.45, 7) is 2.96. The van der Waals surface area contributed by atoms with E-state index in [2.05, 4.69) is 5.32 Å². The molecule has 1 aliphatic heterocycles. The first-order valence-electron chi connectivity index (χ1n) is 4.83. The van der Waals surface area contributed by atoms with E-state index in [1.807, 2.05) is 11.9 Å². The number of amides is 1. The van der Waals surface area contributed by atoms with E-state index in [9.17, 15) is 9.90 Å². The fraction of sp³-hybridized carbons (Fsp3) is 0.889. The molecule has 1 heterocycles. The summed E-state index contributed by atoms with van der Waals surface area (Å²) in [6.07, 6.45) is -1.13. The zero-order chi connectivity index (χ0) is 10.7. The molecule has 1 saturated heterocycles. The first-order valence-corrected chi connectivity index (χ1v) is 4.83. The third-order valence-electron chi connectivity index (χ3n) is 2.38. The van der Waals surface area contributed by atoms with Crippen LogP contribution in [0.3, 0.4) is 0 Å². The third-order valence-corrected chi connectivity index (χ3v) is 2.38. The Labute approximate surface area is 83.7 Å². The smallest absolute Gasteiger partial charge is 0.227 e. The topological polar surface area (TPSA) is 72.8 Å². The Morgan fingerprint density at radius 1 is 1.64 bits per heavy atom. The summed E-state index contributed by atoms with van der Waals surface area (Å²) < 4.78 is 0. The van der Waals surface area contributed by atoms with Gasteiger partial charge < -0.3 is 20.4 Å². The lowest BCUT2D eigenvalue weighted by Gasteiger charge is -2.14. The molecule has 0 bridgehead atoms. The van der Waals surface area contributed by atoms with E-state index in [1.165, 1.54) is 0 Å². The maximum absolute atomic E-state index is 11.5. The molecule has 3 N–H and O–H groups in total. The summed E-state index contributed by atoms with van der Waals surface area (Å²) in [5.41, 5.74) is 0. The standard InChI is InChI=1S/C9H18N2O3/c1-6(12)3-10-9(14)7-4-11(2)5-8(7)13/h6-8,12-13H,3-5H2,1-2H3,(H,10,14). The number of β-amino-alcohol motifs (C(OH)–C–C–N with tert-alkyl or cyclic N) is 1. The molecular weight excluding hydrogens is 184 g/mol. The average Bonchev–Trinajstić information content (AvgIpc) is 2.41. The van der Waals surface area contributed by atoms with Gasteiger partial charge in [0.2, 0.25) is 5.91 Å². The van der Waals surface area contributed by atoms with E-state index in [0.29, 0.717) is 13.1 Å². The van der Waals surface area contributed by atoms with Crippen LogP contribution in [0.5, 0.6) is 0 Å². The molecule has 0 aliphatic carbocycles. The fourth-order valence-electron chi connectivity index (χ4n) is 1.62. The molecule has 1 fully saturated rings. The second-order valence-corrected chi connectivity index (χ2v) is 3.99. The average molecular weight is 202 g/mol. The summed E-state index contributed by atoms with van der Waals surface area (Å²) in [7, 11) is 1.87. The molecule has 0 aromatic heterocycles. The first kappa shape index (κ1) is 11.4. The molecule has 0 aromatic carbocycles. The van der Waals surface area contributed by atoms with Crippen molar-refractivity contribution in [1.82, 2.24) is 10.2 Å². The van der Waals surface area contributed by atoms with Crippen LogP contribution in [0.15, 0.2) is 0 Å². The molecule has 0 radical (unpaired) electrons.